The van der Waals surface area contributed by atoms with Crippen molar-refractivity contribution in [3.8, 4) is 22.4 Å². The maximum absolute atomic E-state index is 13.7. The van der Waals surface area contributed by atoms with Crippen LogP contribution in [0.1, 0.15) is 53.8 Å². The summed E-state index contributed by atoms with van der Waals surface area (Å²) in [5.41, 5.74) is 7.89. The van der Waals surface area contributed by atoms with Crippen LogP contribution in [0.5, 0.6) is 0 Å². The highest BCUT2D eigenvalue weighted by Crippen LogP contribution is 2.35. The van der Waals surface area contributed by atoms with Gasteiger partial charge in [-0.2, -0.15) is 10.2 Å². The van der Waals surface area contributed by atoms with Crippen molar-refractivity contribution in [2.75, 3.05) is 38.3 Å². The van der Waals surface area contributed by atoms with E-state index in [9.17, 15) is 4.79 Å². The molecule has 9 nitrogen and oxygen atoms in total. The van der Waals surface area contributed by atoms with Gasteiger partial charge in [-0.05, 0) is 87.3 Å². The van der Waals surface area contributed by atoms with Gasteiger partial charge in [-0.3, -0.25) is 19.1 Å². The number of rotatable bonds is 8. The van der Waals surface area contributed by atoms with Gasteiger partial charge in [0.2, 0.25) is 0 Å². The molecule has 3 saturated heterocycles. The largest absolute Gasteiger partial charge is 0.377 e. The second-order valence-electron chi connectivity index (χ2n) is 12.1. The first-order valence-corrected chi connectivity index (χ1v) is 15.1. The fourth-order valence-corrected chi connectivity index (χ4v) is 6.54. The molecule has 3 fully saturated rings. The Bertz CT molecular complexity index is 1620. The van der Waals surface area contributed by atoms with Crippen LogP contribution < -0.4 is 10.2 Å². The summed E-state index contributed by atoms with van der Waals surface area (Å²) < 4.78 is 9.28. The maximum atomic E-state index is 13.7. The van der Waals surface area contributed by atoms with Crippen LogP contribution in [0.4, 0.5) is 5.69 Å². The monoisotopic (exact) mass is 565 g/mol. The molecule has 2 bridgehead atoms. The van der Waals surface area contributed by atoms with Crippen molar-refractivity contribution >= 4 is 11.6 Å². The summed E-state index contributed by atoms with van der Waals surface area (Å²) >= 11 is 0. The van der Waals surface area contributed by atoms with Gasteiger partial charge in [0.25, 0.3) is 5.91 Å². The molecule has 1 amide bonds. The molecular weight excluding hydrogens is 526 g/mol. The number of amides is 1. The third kappa shape index (κ3) is 4.90. The number of hydrogen-bond donors (Lipinski definition) is 1. The maximum Gasteiger partial charge on any atom is 0.252 e. The van der Waals surface area contributed by atoms with E-state index in [1.165, 1.54) is 6.42 Å². The van der Waals surface area contributed by atoms with Crippen molar-refractivity contribution in [1.82, 2.24) is 29.8 Å². The van der Waals surface area contributed by atoms with E-state index in [0.29, 0.717) is 25.3 Å². The van der Waals surface area contributed by atoms with Crippen molar-refractivity contribution < 1.29 is 9.53 Å². The van der Waals surface area contributed by atoms with Crippen LogP contribution in [0.15, 0.2) is 61.1 Å². The van der Waals surface area contributed by atoms with Gasteiger partial charge in [-0.25, -0.2) is 0 Å². The molecule has 3 aliphatic rings. The molecule has 3 atom stereocenters. The molecule has 0 radical (unpaired) electrons. The van der Waals surface area contributed by atoms with Gasteiger partial charge in [-0.1, -0.05) is 6.07 Å². The first-order valence-electron chi connectivity index (χ1n) is 15.1. The molecule has 218 valence electrons. The minimum absolute atomic E-state index is 0.0525. The van der Waals surface area contributed by atoms with Crippen LogP contribution in [0.25, 0.3) is 22.4 Å². The number of ether oxygens (including phenoxy) is 1. The molecule has 0 saturated carbocycles. The van der Waals surface area contributed by atoms with E-state index in [-0.39, 0.29) is 18.0 Å². The Morgan fingerprint density at radius 3 is 2.57 bits per heavy atom. The number of piperazine rings is 1. The zero-order chi connectivity index (χ0) is 29.0. The van der Waals surface area contributed by atoms with E-state index in [0.717, 1.165) is 64.4 Å². The average Bonchev–Trinajstić information content (AvgIpc) is 3.76. The number of hydrogen-bond acceptors (Lipinski definition) is 6. The van der Waals surface area contributed by atoms with Crippen LogP contribution in [0.2, 0.25) is 0 Å². The Morgan fingerprint density at radius 1 is 1.05 bits per heavy atom. The van der Waals surface area contributed by atoms with Crippen molar-refractivity contribution in [3.05, 3.63) is 77.7 Å². The van der Waals surface area contributed by atoms with Gasteiger partial charge in [0.15, 0.2) is 0 Å². The third-order valence-corrected chi connectivity index (χ3v) is 9.30. The fourth-order valence-electron chi connectivity index (χ4n) is 6.54. The number of fused-ring (bicyclic) bond motifs is 2. The Kier molecular flexibility index (Phi) is 6.86. The van der Waals surface area contributed by atoms with Gasteiger partial charge >= 0.3 is 0 Å². The summed E-state index contributed by atoms with van der Waals surface area (Å²) in [5, 5.41) is 12.7. The second-order valence-corrected chi connectivity index (χ2v) is 12.1. The fraction of sp³-hybridized carbons (Fsp3) is 0.424. The number of aromatic nitrogens is 4. The van der Waals surface area contributed by atoms with Crippen LogP contribution in [0.3, 0.4) is 0 Å². The highest BCUT2D eigenvalue weighted by atomic mass is 16.5. The lowest BCUT2D eigenvalue weighted by Gasteiger charge is -2.34. The molecule has 0 aliphatic carbocycles. The van der Waals surface area contributed by atoms with E-state index < -0.39 is 0 Å². The highest BCUT2D eigenvalue weighted by Gasteiger charge is 2.41. The lowest BCUT2D eigenvalue weighted by molar-refractivity contribution is -0.0286. The first kappa shape index (κ1) is 26.9. The molecule has 3 aliphatic heterocycles. The van der Waals surface area contributed by atoms with Crippen LogP contribution in [0, 0.1) is 6.92 Å². The Morgan fingerprint density at radius 2 is 1.88 bits per heavy atom. The minimum Gasteiger partial charge on any atom is -0.377 e. The lowest BCUT2D eigenvalue weighted by atomic mass is 9.96. The number of anilines is 1. The molecule has 0 unspecified atom stereocenters. The molecule has 2 aromatic heterocycles. The van der Waals surface area contributed by atoms with Gasteiger partial charge in [0.05, 0.1) is 37.2 Å². The van der Waals surface area contributed by atoms with Crippen LogP contribution in [-0.4, -0.2) is 75.8 Å². The average molecular weight is 566 g/mol. The summed E-state index contributed by atoms with van der Waals surface area (Å²) in [6.07, 6.45) is 7.20. The van der Waals surface area contributed by atoms with Crippen LogP contribution >= 0.6 is 0 Å². The molecule has 2 aromatic carbocycles. The Labute approximate surface area is 247 Å². The molecule has 7 rings (SSSR count). The second kappa shape index (κ2) is 10.7. The Hall–Kier alpha value is -3.95. The number of nitrogens with zero attached hydrogens (tertiary/aromatic N) is 6. The number of likely N-dealkylation sites (tertiary alicyclic amines) is 1. The van der Waals surface area contributed by atoms with Crippen molar-refractivity contribution in [2.45, 2.75) is 57.9 Å². The van der Waals surface area contributed by atoms with E-state index in [1.807, 2.05) is 34.7 Å². The van der Waals surface area contributed by atoms with Gasteiger partial charge in [0.1, 0.15) is 0 Å². The number of carbonyl (C=O) groups is 1. The molecule has 9 heteroatoms. The van der Waals surface area contributed by atoms with Gasteiger partial charge in [-0.15, -0.1) is 0 Å². The number of aryl methyl sites for hydroxylation is 2. The number of nitrogens with one attached hydrogen (secondary N) is 1. The van der Waals surface area contributed by atoms with Crippen molar-refractivity contribution in [2.24, 2.45) is 0 Å². The molecule has 0 spiro atoms. The van der Waals surface area contributed by atoms with Crippen molar-refractivity contribution in [1.29, 1.82) is 0 Å². The number of likely N-dealkylation sites (N-methyl/N-ethyl adjacent to an activating group) is 1. The molecule has 4 aromatic rings. The zero-order valence-corrected chi connectivity index (χ0v) is 24.8. The van der Waals surface area contributed by atoms with Gasteiger partial charge < -0.3 is 15.0 Å². The quantitative estimate of drug-likeness (QED) is 0.334. The molecular formula is C33H39N7O2. The Balaban J connectivity index is 1.16. The van der Waals surface area contributed by atoms with E-state index in [2.05, 4.69) is 83.7 Å². The zero-order valence-electron chi connectivity index (χ0n) is 24.8. The highest BCUT2D eigenvalue weighted by molar-refractivity contribution is 5.97. The van der Waals surface area contributed by atoms with E-state index in [4.69, 9.17) is 9.84 Å². The summed E-state index contributed by atoms with van der Waals surface area (Å²) in [4.78, 5) is 18.6. The SMILES string of the molecule is CCn1ccc(-c2cc(-c3cnn(C4COC4)c3)cc([C@@H](C)NC(=O)c3cc(N4C[C@H]5C[C@@H]4CN5C)ccc3C)c2)n1. The van der Waals surface area contributed by atoms with Crippen molar-refractivity contribution in [3.63, 3.8) is 0 Å². The van der Waals surface area contributed by atoms with E-state index in [1.54, 1.807) is 0 Å². The predicted molar refractivity (Wildman–Crippen MR) is 164 cm³/mol. The summed E-state index contributed by atoms with van der Waals surface area (Å²) in [6.45, 7) is 10.5. The number of benzene rings is 2. The standard InChI is InChI=1S/C33H39N7O2/c1-5-38-9-8-32(36-38)25-11-23(10-24(12-25)26-15-34-40(16-26)30-19-42-20-30)22(3)35-33(41)31-14-27(7-6-21(31)2)39-18-28-13-29(39)17-37(28)4/h6-12,14-16,22,28-30H,5,13,17-20H2,1-4H3,(H,35,41)/t22-,28-,29-/m1/s1. The van der Waals surface area contributed by atoms with Gasteiger partial charge in [0, 0.05) is 66.5 Å². The lowest BCUT2D eigenvalue weighted by Crippen LogP contribution is -2.44. The topological polar surface area (TPSA) is 80.4 Å². The van der Waals surface area contributed by atoms with Crippen LogP contribution in [-0.2, 0) is 11.3 Å². The molecule has 5 heterocycles. The smallest absolute Gasteiger partial charge is 0.252 e. The van der Waals surface area contributed by atoms with E-state index >= 15 is 0 Å². The summed E-state index contributed by atoms with van der Waals surface area (Å²) in [5.74, 6) is -0.0525. The summed E-state index contributed by atoms with van der Waals surface area (Å²) in [6, 6.07) is 16.0. The third-order valence-electron chi connectivity index (χ3n) is 9.30. The first-order chi connectivity index (χ1) is 20.4. The molecule has 42 heavy (non-hydrogen) atoms. The predicted octanol–water partition coefficient (Wildman–Crippen LogP) is 4.70. The number of carbonyl (C=O) groups excluding carboxylic acids is 1. The minimum atomic E-state index is -0.209. The molecule has 1 N–H and O–H groups in total. The normalized spacial score (nSPS) is 21.1. The summed E-state index contributed by atoms with van der Waals surface area (Å²) in [7, 11) is 2.21.